The Hall–Kier alpha value is -2.86. The Kier molecular flexibility index (Phi) is 6.14. The lowest BCUT2D eigenvalue weighted by Crippen LogP contribution is -2.55. The van der Waals surface area contributed by atoms with Gasteiger partial charge in [-0.15, -0.1) is 0 Å². The van der Waals surface area contributed by atoms with E-state index >= 15 is 0 Å². The minimum atomic E-state index is -1.43. The molecule has 1 aromatic heterocycles. The van der Waals surface area contributed by atoms with Crippen molar-refractivity contribution < 1.29 is 18.7 Å². The van der Waals surface area contributed by atoms with E-state index in [-0.39, 0.29) is 17.9 Å². The number of nitrogens with zero attached hydrogens (tertiary/aromatic N) is 1. The molecule has 2 aromatic carbocycles. The van der Waals surface area contributed by atoms with Gasteiger partial charge < -0.3 is 9.72 Å². The van der Waals surface area contributed by atoms with Crippen molar-refractivity contribution in [3.63, 3.8) is 0 Å². The van der Waals surface area contributed by atoms with Crippen molar-refractivity contribution in [1.82, 2.24) is 4.98 Å². The fraction of sp³-hybridized carbons (Fsp3) is 0.333. The molecule has 0 fully saturated rings. The van der Waals surface area contributed by atoms with E-state index in [4.69, 9.17) is 16.3 Å². The number of fused-ring (bicyclic) bond motifs is 1. The average molecular weight is 445 g/mol. The third kappa shape index (κ3) is 4.30. The van der Waals surface area contributed by atoms with Crippen molar-refractivity contribution in [1.29, 1.82) is 0 Å². The molecule has 1 unspecified atom stereocenters. The van der Waals surface area contributed by atoms with Crippen molar-refractivity contribution >= 4 is 40.1 Å². The molecule has 0 bridgehead atoms. The van der Waals surface area contributed by atoms with E-state index in [1.165, 1.54) is 24.0 Å². The van der Waals surface area contributed by atoms with Crippen LogP contribution in [0.2, 0.25) is 5.02 Å². The molecule has 31 heavy (non-hydrogen) atoms. The van der Waals surface area contributed by atoms with Gasteiger partial charge in [-0.25, -0.2) is 9.18 Å². The molecule has 0 spiro atoms. The van der Waals surface area contributed by atoms with Crippen LogP contribution in [0.15, 0.2) is 48.7 Å². The highest BCUT2D eigenvalue weighted by molar-refractivity contribution is 6.30. The van der Waals surface area contributed by atoms with E-state index in [2.05, 4.69) is 4.98 Å². The van der Waals surface area contributed by atoms with Gasteiger partial charge in [0, 0.05) is 16.6 Å². The lowest BCUT2D eigenvalue weighted by atomic mass is 9.81. The molecule has 3 rings (SSSR count). The summed E-state index contributed by atoms with van der Waals surface area (Å²) in [7, 11) is 0. The molecule has 0 saturated heterocycles. The van der Waals surface area contributed by atoms with Gasteiger partial charge >= 0.3 is 6.09 Å². The van der Waals surface area contributed by atoms with Gasteiger partial charge in [-0.2, -0.15) is 0 Å². The summed E-state index contributed by atoms with van der Waals surface area (Å²) >= 11 is 6.07. The number of ketones is 1. The maximum atomic E-state index is 14.6. The first-order chi connectivity index (χ1) is 14.5. The molecule has 0 saturated carbocycles. The first-order valence-electron chi connectivity index (χ1n) is 10.1. The predicted octanol–water partition coefficient (Wildman–Crippen LogP) is 6.60. The van der Waals surface area contributed by atoms with Crippen LogP contribution in [-0.2, 0) is 15.1 Å². The fourth-order valence-electron chi connectivity index (χ4n) is 3.89. The van der Waals surface area contributed by atoms with Gasteiger partial charge in [0.1, 0.15) is 17.0 Å². The summed E-state index contributed by atoms with van der Waals surface area (Å²) in [5, 5.41) is 1.10. The van der Waals surface area contributed by atoms with Crippen LogP contribution in [0.5, 0.6) is 0 Å². The number of carbonyl (C=O) groups excluding carboxylic acids is 2. The van der Waals surface area contributed by atoms with Crippen molar-refractivity contribution in [2.45, 2.75) is 52.2 Å². The molecule has 0 aliphatic rings. The number of Topliss-reactive ketones (excluding diaryl/α,β-unsaturated/α-hetero) is 1. The van der Waals surface area contributed by atoms with Gasteiger partial charge in [-0.3, -0.25) is 9.69 Å². The van der Waals surface area contributed by atoms with E-state index in [9.17, 15) is 14.0 Å². The highest BCUT2D eigenvalue weighted by Gasteiger charge is 2.47. The van der Waals surface area contributed by atoms with Crippen LogP contribution < -0.4 is 4.90 Å². The van der Waals surface area contributed by atoms with Crippen LogP contribution in [-0.4, -0.2) is 22.5 Å². The summed E-state index contributed by atoms with van der Waals surface area (Å²) in [6, 6.07) is 11.1. The van der Waals surface area contributed by atoms with Gasteiger partial charge in [0.05, 0.1) is 11.2 Å². The molecule has 1 heterocycles. The Morgan fingerprint density at radius 3 is 2.32 bits per heavy atom. The van der Waals surface area contributed by atoms with Gasteiger partial charge in [-0.05, 0) is 70.0 Å². The number of aromatic amines is 1. The summed E-state index contributed by atoms with van der Waals surface area (Å²) < 4.78 is 20.3. The Bertz CT molecular complexity index is 1120. The third-order valence-corrected chi connectivity index (χ3v) is 5.48. The van der Waals surface area contributed by atoms with E-state index in [0.29, 0.717) is 21.5 Å². The molecular weight excluding hydrogens is 419 g/mol. The molecule has 1 atom stereocenters. The first kappa shape index (κ1) is 22.8. The van der Waals surface area contributed by atoms with Gasteiger partial charge in [0.25, 0.3) is 0 Å². The van der Waals surface area contributed by atoms with E-state index in [1.807, 2.05) is 0 Å². The average Bonchev–Trinajstić information content (AvgIpc) is 3.13. The summed E-state index contributed by atoms with van der Waals surface area (Å²) in [5.74, 6) is -0.820. The number of benzene rings is 2. The largest absolute Gasteiger partial charge is 0.443 e. The smallest absolute Gasteiger partial charge is 0.416 e. The second-order valence-corrected chi connectivity index (χ2v) is 8.89. The van der Waals surface area contributed by atoms with Crippen molar-refractivity contribution in [3.8, 4) is 0 Å². The number of hydrogen-bond donors (Lipinski definition) is 1. The van der Waals surface area contributed by atoms with Crippen LogP contribution in [0.4, 0.5) is 14.9 Å². The first-order valence-corrected chi connectivity index (χ1v) is 10.4. The molecule has 0 radical (unpaired) electrons. The monoisotopic (exact) mass is 444 g/mol. The molecule has 5 nitrogen and oxygen atoms in total. The van der Waals surface area contributed by atoms with Crippen molar-refractivity contribution in [2.75, 3.05) is 4.90 Å². The van der Waals surface area contributed by atoms with Gasteiger partial charge in [0.15, 0.2) is 5.78 Å². The number of amides is 1. The summed E-state index contributed by atoms with van der Waals surface area (Å²) in [5.41, 5.74) is -0.933. The van der Waals surface area contributed by atoms with Crippen LogP contribution >= 0.6 is 11.6 Å². The van der Waals surface area contributed by atoms with E-state index in [0.717, 1.165) is 0 Å². The zero-order valence-electron chi connectivity index (χ0n) is 18.3. The SMILES string of the molecule is CCC(C(C)=O)(c1ccc(Cl)cc1)N(C(=O)OC(C)(C)C)c1cc(F)cc2[nH]ccc12. The molecule has 0 aliphatic carbocycles. The van der Waals surface area contributed by atoms with Crippen LogP contribution in [0.3, 0.4) is 0 Å². The number of carbonyl (C=O) groups is 2. The lowest BCUT2D eigenvalue weighted by Gasteiger charge is -2.42. The second kappa shape index (κ2) is 8.35. The maximum Gasteiger partial charge on any atom is 0.416 e. The number of ether oxygens (including phenoxy) is 1. The second-order valence-electron chi connectivity index (χ2n) is 8.46. The van der Waals surface area contributed by atoms with Gasteiger partial charge in [-0.1, -0.05) is 30.7 Å². The Balaban J connectivity index is 2.37. The normalized spacial score (nSPS) is 13.6. The van der Waals surface area contributed by atoms with Crippen LogP contribution in [0.1, 0.15) is 46.6 Å². The molecule has 3 aromatic rings. The number of anilines is 1. The molecule has 164 valence electrons. The number of nitrogens with one attached hydrogen (secondary N) is 1. The van der Waals surface area contributed by atoms with Crippen molar-refractivity contribution in [3.05, 3.63) is 65.1 Å². The molecular formula is C24H26ClFN2O3. The van der Waals surface area contributed by atoms with Crippen molar-refractivity contribution in [2.24, 2.45) is 0 Å². The number of rotatable bonds is 5. The maximum absolute atomic E-state index is 14.6. The molecule has 0 aliphatic heterocycles. The number of halogens is 2. The lowest BCUT2D eigenvalue weighted by molar-refractivity contribution is -0.122. The Morgan fingerprint density at radius 2 is 1.77 bits per heavy atom. The summed E-state index contributed by atoms with van der Waals surface area (Å²) in [6.07, 6.45) is 1.16. The highest BCUT2D eigenvalue weighted by Crippen LogP contribution is 2.42. The van der Waals surface area contributed by atoms with E-state index in [1.54, 1.807) is 64.2 Å². The summed E-state index contributed by atoms with van der Waals surface area (Å²) in [6.45, 7) is 8.45. The Labute approximate surface area is 186 Å². The Morgan fingerprint density at radius 1 is 1.13 bits per heavy atom. The van der Waals surface area contributed by atoms with Crippen LogP contribution in [0.25, 0.3) is 10.9 Å². The quantitative estimate of drug-likeness (QED) is 0.482. The standard InChI is InChI=1S/C24H26ClFN2O3/c1-6-24(15(2)29,16-7-9-17(25)10-8-16)28(22(30)31-23(3,4)5)21-14-18(26)13-20-19(21)11-12-27-20/h7-14,27H,6H2,1-5H3. The molecule has 7 heteroatoms. The van der Waals surface area contributed by atoms with Gasteiger partial charge in [0.2, 0.25) is 0 Å². The van der Waals surface area contributed by atoms with Crippen LogP contribution in [0, 0.1) is 5.82 Å². The minimum Gasteiger partial charge on any atom is -0.443 e. The zero-order chi connectivity index (χ0) is 23.0. The number of aromatic nitrogens is 1. The zero-order valence-corrected chi connectivity index (χ0v) is 19.0. The topological polar surface area (TPSA) is 62.4 Å². The number of H-pyrrole nitrogens is 1. The molecule has 1 N–H and O–H groups in total. The predicted molar refractivity (Wildman–Crippen MR) is 121 cm³/mol. The fourth-order valence-corrected chi connectivity index (χ4v) is 4.02. The third-order valence-electron chi connectivity index (χ3n) is 5.23. The highest BCUT2D eigenvalue weighted by atomic mass is 35.5. The van der Waals surface area contributed by atoms with E-state index < -0.39 is 23.1 Å². The summed E-state index contributed by atoms with van der Waals surface area (Å²) in [4.78, 5) is 31.1. The molecule has 1 amide bonds. The minimum absolute atomic E-state index is 0.242. The number of hydrogen-bond acceptors (Lipinski definition) is 3.